The van der Waals surface area contributed by atoms with Crippen molar-refractivity contribution in [3.05, 3.63) is 0 Å². The molecule has 130 valence electrons. The van der Waals surface area contributed by atoms with Gasteiger partial charge in [-0.25, -0.2) is 4.57 Å². The first kappa shape index (κ1) is 32.8. The quantitative estimate of drug-likeness (QED) is 0.403. The molecule has 0 aliphatic rings. The van der Waals surface area contributed by atoms with Crippen LogP contribution in [0.25, 0.3) is 0 Å². The third-order valence-electron chi connectivity index (χ3n) is 0. The van der Waals surface area contributed by atoms with E-state index in [2.05, 4.69) is 0 Å². The van der Waals surface area contributed by atoms with E-state index in [1.807, 2.05) is 0 Å². The zero-order chi connectivity index (χ0) is 18.0. The van der Waals surface area contributed by atoms with E-state index in [1.165, 1.54) is 0 Å². The minimum atomic E-state index is -6.00. The fourth-order valence-electron chi connectivity index (χ4n) is 0. The maximum Gasteiger partial charge on any atom is 1.00 e. The van der Waals surface area contributed by atoms with E-state index in [4.69, 9.17) is 9.46 Å². The summed E-state index contributed by atoms with van der Waals surface area (Å²) in [4.78, 5) is 6.74. The predicted molar refractivity (Wildman–Crippen MR) is 43.7 cm³/mol. The first-order chi connectivity index (χ1) is 8.00. The van der Waals surface area contributed by atoms with E-state index in [0.29, 0.717) is 0 Å². The van der Waals surface area contributed by atoms with Crippen LogP contribution >= 0.6 is 7.99 Å². The van der Waals surface area contributed by atoms with Crippen molar-refractivity contribution in [3.8, 4) is 0 Å². The average Bonchev–Trinajstić information content (AvgIpc) is 1.62. The monoisotopic (exact) mass is 371 g/mol. The van der Waals surface area contributed by atoms with Crippen LogP contribution in [0.3, 0.4) is 0 Å². The van der Waals surface area contributed by atoms with Gasteiger partial charge in [-0.1, -0.05) is 0 Å². The van der Waals surface area contributed by atoms with Crippen molar-refractivity contribution in [2.45, 2.75) is 0 Å². The first-order valence-corrected chi connectivity index (χ1v) is 4.78. The largest absolute Gasteiger partial charge is 1.00 e. The summed E-state index contributed by atoms with van der Waals surface area (Å²) >= 11 is 0. The van der Waals surface area contributed by atoms with E-state index in [0.717, 1.165) is 0 Å². The maximum absolute atomic E-state index is 10.1. The molecular weight excluding hydrogens is 368 g/mol. The van der Waals surface area contributed by atoms with Gasteiger partial charge in [0.25, 0.3) is 0 Å². The molecule has 0 atom stereocenters. The molecule has 0 aromatic carbocycles. The minimum absolute atomic E-state index is 0. The third kappa shape index (κ3) is 1330000000. The van der Waals surface area contributed by atoms with Crippen molar-refractivity contribution in [3.63, 3.8) is 0 Å². The summed E-state index contributed by atoms with van der Waals surface area (Å²) in [6.07, 6.45) is 0. The van der Waals surface area contributed by atoms with Crippen LogP contribution in [-0.2, 0) is 4.57 Å². The Labute approximate surface area is 120 Å². The van der Waals surface area contributed by atoms with Crippen molar-refractivity contribution in [1.82, 2.24) is 0 Å². The van der Waals surface area contributed by atoms with E-state index in [-0.39, 0.29) is 20.3 Å². The molecule has 21 heavy (non-hydrogen) atoms. The van der Waals surface area contributed by atoms with Gasteiger partial charge in [0.1, 0.15) is 0 Å². The second kappa shape index (κ2) is 12.5. The van der Waals surface area contributed by atoms with Crippen LogP contribution in [0.5, 0.6) is 0 Å². The molecular formula is H2B3F14LiO2P-3. The van der Waals surface area contributed by atoms with Crippen LogP contribution in [0, 0.1) is 0 Å². The topological polar surface area (TPSA) is 37.3 Å². The summed E-state index contributed by atoms with van der Waals surface area (Å²) in [6.45, 7) is 0. The number of rotatable bonds is 0. The van der Waals surface area contributed by atoms with Gasteiger partial charge in [-0.3, -0.25) is 4.89 Å². The standard InChI is InChI=1S/3BF4.F2HO2P.Li.H/c3*2-1(3,4)5;1-5(2,3)4;;/h;;;(H,3,4);;/q3*-1;;+1;-1. The van der Waals surface area contributed by atoms with Crippen LogP contribution in [0.4, 0.5) is 60.2 Å². The van der Waals surface area contributed by atoms with Crippen LogP contribution in [0.2, 0.25) is 0 Å². The Balaban J connectivity index is -0.0000000376. The minimum Gasteiger partial charge on any atom is -1.00 e. The van der Waals surface area contributed by atoms with Gasteiger partial charge in [-0.05, 0) is 0 Å². The molecule has 0 heterocycles. The van der Waals surface area contributed by atoms with Crippen molar-refractivity contribution in [2.24, 2.45) is 0 Å². The third-order valence-corrected chi connectivity index (χ3v) is 0. The predicted octanol–water partition coefficient (Wildman–Crippen LogP) is 2.04. The van der Waals surface area contributed by atoms with Crippen LogP contribution < -0.4 is 18.9 Å². The number of hydrogen-bond acceptors (Lipinski definition) is 1. The van der Waals surface area contributed by atoms with E-state index < -0.39 is 29.8 Å². The Morgan fingerprint density at radius 3 is 0.619 bits per heavy atom. The molecule has 0 bridgehead atoms. The van der Waals surface area contributed by atoms with Gasteiger partial charge in [0.2, 0.25) is 0 Å². The van der Waals surface area contributed by atoms with Gasteiger partial charge in [0.05, 0.1) is 0 Å². The first-order valence-electron chi connectivity index (χ1n) is 3.34. The van der Waals surface area contributed by atoms with Crippen LogP contribution in [-0.4, -0.2) is 26.7 Å². The van der Waals surface area contributed by atoms with Crippen molar-refractivity contribution >= 4 is 29.8 Å². The molecule has 0 rings (SSSR count). The number of halogens is 14. The van der Waals surface area contributed by atoms with Gasteiger partial charge in [-0.2, -0.15) is 0 Å². The average molecular weight is 370 g/mol. The zero-order valence-electron chi connectivity index (χ0n) is 10.3. The van der Waals surface area contributed by atoms with Gasteiger partial charge in [0, 0.05) is 0 Å². The Bertz CT molecular complexity index is 212. The molecule has 0 amide bonds. The van der Waals surface area contributed by atoms with Gasteiger partial charge in [0.15, 0.2) is 0 Å². The Morgan fingerprint density at radius 2 is 0.619 bits per heavy atom. The summed E-state index contributed by atoms with van der Waals surface area (Å²) in [5, 5.41) is 0. The van der Waals surface area contributed by atoms with Gasteiger partial charge < -0.3 is 53.2 Å². The molecule has 0 unspecified atom stereocenters. The summed E-state index contributed by atoms with van der Waals surface area (Å²) in [6, 6.07) is 0. The van der Waals surface area contributed by atoms with Crippen LogP contribution in [0.15, 0.2) is 0 Å². The smallest absolute Gasteiger partial charge is 1.00 e. The Morgan fingerprint density at radius 1 is 0.619 bits per heavy atom. The second-order valence-corrected chi connectivity index (χ2v) is 2.79. The van der Waals surface area contributed by atoms with Gasteiger partial charge >= 0.3 is 48.6 Å². The van der Waals surface area contributed by atoms with Gasteiger partial charge in [-0.15, -0.1) is 8.39 Å². The molecule has 0 aromatic rings. The SMILES string of the molecule is F[B-](F)(F)F.F[B-](F)(F)F.F[B-](F)(F)F.O=P(O)(F)F.[H-].[Li+]. The molecule has 1 N–H and O–H groups in total. The summed E-state index contributed by atoms with van der Waals surface area (Å²) in [5.41, 5.74) is 0. The molecule has 0 aromatic heterocycles. The van der Waals surface area contributed by atoms with Crippen molar-refractivity contribution in [2.75, 3.05) is 0 Å². The van der Waals surface area contributed by atoms with Crippen molar-refractivity contribution in [1.29, 1.82) is 0 Å². The second-order valence-electron chi connectivity index (χ2n) is 1.92. The molecule has 0 saturated carbocycles. The van der Waals surface area contributed by atoms with E-state index in [1.54, 1.807) is 0 Å². The summed E-state index contributed by atoms with van der Waals surface area (Å²) in [7, 11) is -23.6. The van der Waals surface area contributed by atoms with E-state index >= 15 is 0 Å². The number of hydrogen-bond donors (Lipinski definition) is 1. The molecule has 0 fully saturated rings. The molecule has 0 aliphatic heterocycles. The summed E-state index contributed by atoms with van der Waals surface area (Å²) in [5.74, 6) is 0. The zero-order valence-corrected chi connectivity index (χ0v) is 10.2. The van der Waals surface area contributed by atoms with Crippen LogP contribution in [0.1, 0.15) is 1.43 Å². The molecule has 0 aliphatic carbocycles. The molecule has 0 radical (unpaired) electrons. The molecule has 2 nitrogen and oxygen atoms in total. The van der Waals surface area contributed by atoms with Crippen molar-refractivity contribution < 1.29 is 89.9 Å². The maximum atomic E-state index is 10.1. The molecule has 21 heteroatoms. The fraction of sp³-hybridized carbons (Fsp3) is 0. The normalized spacial score (nSPS) is 11.4. The Kier molecular flexibility index (Phi) is 19.6. The fourth-order valence-corrected chi connectivity index (χ4v) is 0. The Hall–Kier alpha value is 0.00221. The molecule has 0 saturated heterocycles. The van der Waals surface area contributed by atoms with E-state index in [9.17, 15) is 60.2 Å². The summed E-state index contributed by atoms with van der Waals surface area (Å²) < 4.78 is 146. The molecule has 0 spiro atoms.